The van der Waals surface area contributed by atoms with Gasteiger partial charge in [0.25, 0.3) is 0 Å². The van der Waals surface area contributed by atoms with Gasteiger partial charge < -0.3 is 4.90 Å². The first kappa shape index (κ1) is 12.7. The molecule has 0 spiro atoms. The average Bonchev–Trinajstić information content (AvgIpc) is 2.78. The Hall–Kier alpha value is -1.34. The molecule has 2 unspecified atom stereocenters. The van der Waals surface area contributed by atoms with Crippen molar-refractivity contribution in [3.8, 4) is 6.07 Å². The van der Waals surface area contributed by atoms with Gasteiger partial charge in [0, 0.05) is 24.4 Å². The minimum atomic E-state index is -0.559. The maximum atomic E-state index is 11.8. The van der Waals surface area contributed by atoms with Gasteiger partial charge in [-0.25, -0.2) is 0 Å². The Bertz CT molecular complexity index is 380. The third-order valence-corrected chi connectivity index (χ3v) is 3.55. The highest BCUT2D eigenvalue weighted by atomic mass is 32.1. The molecule has 4 heteroatoms. The van der Waals surface area contributed by atoms with Crippen LogP contribution in [0.1, 0.15) is 18.7 Å². The lowest BCUT2D eigenvalue weighted by Crippen LogP contribution is -2.39. The van der Waals surface area contributed by atoms with Crippen molar-refractivity contribution < 1.29 is 4.79 Å². The Balaban J connectivity index is 2.57. The molecule has 1 aromatic rings. The van der Waals surface area contributed by atoms with Crippen molar-refractivity contribution in [2.75, 3.05) is 7.05 Å². The Kier molecular flexibility index (Phi) is 4.51. The van der Waals surface area contributed by atoms with Gasteiger partial charge in [-0.05, 0) is 25.3 Å². The number of hydrogen-bond acceptors (Lipinski definition) is 3. The van der Waals surface area contributed by atoms with E-state index in [2.05, 4.69) is 6.07 Å². The van der Waals surface area contributed by atoms with Gasteiger partial charge in [-0.15, -0.1) is 11.3 Å². The second kappa shape index (κ2) is 5.66. The fourth-order valence-electron chi connectivity index (χ4n) is 1.43. The van der Waals surface area contributed by atoms with Gasteiger partial charge in [-0.2, -0.15) is 5.26 Å². The molecule has 3 nitrogen and oxygen atoms in total. The van der Waals surface area contributed by atoms with Crippen molar-refractivity contribution in [3.05, 3.63) is 22.4 Å². The summed E-state index contributed by atoms with van der Waals surface area (Å²) in [7, 11) is 1.76. The van der Waals surface area contributed by atoms with Gasteiger partial charge in [-0.1, -0.05) is 6.07 Å². The van der Waals surface area contributed by atoms with Crippen molar-refractivity contribution in [1.82, 2.24) is 4.90 Å². The summed E-state index contributed by atoms with van der Waals surface area (Å²) in [5.74, 6) is -0.664. The highest BCUT2D eigenvalue weighted by Gasteiger charge is 2.21. The number of hydrogen-bond donors (Lipinski definition) is 0. The van der Waals surface area contributed by atoms with E-state index in [-0.39, 0.29) is 11.9 Å². The summed E-state index contributed by atoms with van der Waals surface area (Å²) in [6.45, 7) is 3.64. The molecule has 0 radical (unpaired) electrons. The molecule has 86 valence electrons. The fraction of sp³-hybridized carbons (Fsp3) is 0.500. The second-order valence-corrected chi connectivity index (χ2v) is 4.96. The molecule has 16 heavy (non-hydrogen) atoms. The Labute approximate surface area is 100 Å². The molecule has 0 aliphatic rings. The Morgan fingerprint density at radius 2 is 2.31 bits per heavy atom. The normalized spacial score (nSPS) is 13.9. The molecule has 1 rings (SSSR count). The number of carbonyl (C=O) groups is 1. The third kappa shape index (κ3) is 3.07. The van der Waals surface area contributed by atoms with Crippen LogP contribution < -0.4 is 0 Å². The molecule has 0 fully saturated rings. The lowest BCUT2D eigenvalue weighted by molar-refractivity contribution is -0.133. The average molecular weight is 236 g/mol. The van der Waals surface area contributed by atoms with Crippen LogP contribution in [-0.2, 0) is 11.2 Å². The molecular formula is C12H16N2OS. The fourth-order valence-corrected chi connectivity index (χ4v) is 2.26. The van der Waals surface area contributed by atoms with Crippen LogP contribution >= 0.6 is 11.3 Å². The smallest absolute Gasteiger partial charge is 0.239 e. The first-order chi connectivity index (χ1) is 7.56. The summed E-state index contributed by atoms with van der Waals surface area (Å²) in [6.07, 6.45) is 0.845. The van der Waals surface area contributed by atoms with Crippen LogP contribution in [0.4, 0.5) is 0 Å². The predicted octanol–water partition coefficient (Wildman–Crippen LogP) is 2.30. The van der Waals surface area contributed by atoms with Crippen LogP contribution in [0.3, 0.4) is 0 Å². The van der Waals surface area contributed by atoms with Crippen LogP contribution in [0.15, 0.2) is 17.5 Å². The van der Waals surface area contributed by atoms with Crippen molar-refractivity contribution in [2.45, 2.75) is 26.3 Å². The van der Waals surface area contributed by atoms with E-state index in [9.17, 15) is 4.79 Å². The number of likely N-dealkylation sites (N-methyl/N-ethyl adjacent to an activating group) is 1. The molecule has 0 aliphatic heterocycles. The molecular weight excluding hydrogens is 220 g/mol. The molecule has 0 saturated heterocycles. The summed E-state index contributed by atoms with van der Waals surface area (Å²) < 4.78 is 0. The van der Waals surface area contributed by atoms with Crippen molar-refractivity contribution in [1.29, 1.82) is 5.26 Å². The van der Waals surface area contributed by atoms with Crippen LogP contribution in [0.25, 0.3) is 0 Å². The van der Waals surface area contributed by atoms with E-state index >= 15 is 0 Å². The summed E-state index contributed by atoms with van der Waals surface area (Å²) in [5, 5.41) is 10.7. The van der Waals surface area contributed by atoms with Gasteiger partial charge in [0.15, 0.2) is 0 Å². The number of amides is 1. The topological polar surface area (TPSA) is 44.1 Å². The highest BCUT2D eigenvalue weighted by molar-refractivity contribution is 7.09. The zero-order chi connectivity index (χ0) is 12.1. The molecule has 0 N–H and O–H groups in total. The van der Waals surface area contributed by atoms with Gasteiger partial charge >= 0.3 is 0 Å². The van der Waals surface area contributed by atoms with Gasteiger partial charge in [0.05, 0.1) is 6.07 Å². The van der Waals surface area contributed by atoms with E-state index in [1.165, 1.54) is 4.88 Å². The minimum absolute atomic E-state index is 0.105. The standard InChI is InChI=1S/C12H16N2OS/c1-9(8-13)12(15)14(3)10(2)7-11-5-4-6-16-11/h4-6,9-10H,7H2,1-3H3. The van der Waals surface area contributed by atoms with E-state index in [0.29, 0.717) is 0 Å². The molecule has 0 bridgehead atoms. The van der Waals surface area contributed by atoms with E-state index in [1.807, 2.05) is 24.4 Å². The first-order valence-corrected chi connectivity index (χ1v) is 6.13. The maximum Gasteiger partial charge on any atom is 0.239 e. The highest BCUT2D eigenvalue weighted by Crippen LogP contribution is 2.14. The minimum Gasteiger partial charge on any atom is -0.342 e. The van der Waals surface area contributed by atoms with Crippen LogP contribution in [0.2, 0.25) is 0 Å². The summed E-state index contributed by atoms with van der Waals surface area (Å²) >= 11 is 1.69. The molecule has 1 aromatic heterocycles. The molecule has 0 aliphatic carbocycles. The zero-order valence-corrected chi connectivity index (χ0v) is 10.6. The molecule has 0 aromatic carbocycles. The molecule has 0 saturated carbocycles. The molecule has 2 atom stereocenters. The monoisotopic (exact) mass is 236 g/mol. The number of carbonyl (C=O) groups excluding carboxylic acids is 1. The number of nitrogens with zero attached hydrogens (tertiary/aromatic N) is 2. The molecule has 1 amide bonds. The van der Waals surface area contributed by atoms with Crippen LogP contribution in [0, 0.1) is 17.2 Å². The summed E-state index contributed by atoms with van der Waals surface area (Å²) in [5.41, 5.74) is 0. The molecule has 1 heterocycles. The zero-order valence-electron chi connectivity index (χ0n) is 9.80. The van der Waals surface area contributed by atoms with Crippen LogP contribution in [-0.4, -0.2) is 23.9 Å². The quantitative estimate of drug-likeness (QED) is 0.805. The van der Waals surface area contributed by atoms with Gasteiger partial charge in [0.2, 0.25) is 5.91 Å². The van der Waals surface area contributed by atoms with Crippen molar-refractivity contribution in [2.24, 2.45) is 5.92 Å². The third-order valence-electron chi connectivity index (χ3n) is 2.65. The summed E-state index contributed by atoms with van der Waals surface area (Å²) in [4.78, 5) is 14.7. The van der Waals surface area contributed by atoms with Crippen molar-refractivity contribution in [3.63, 3.8) is 0 Å². The van der Waals surface area contributed by atoms with E-state index in [4.69, 9.17) is 5.26 Å². The first-order valence-electron chi connectivity index (χ1n) is 5.25. The van der Waals surface area contributed by atoms with Gasteiger partial charge in [-0.3, -0.25) is 4.79 Å². The Morgan fingerprint density at radius 3 is 2.81 bits per heavy atom. The van der Waals surface area contributed by atoms with Crippen molar-refractivity contribution >= 4 is 17.2 Å². The number of thiophene rings is 1. The number of nitriles is 1. The maximum absolute atomic E-state index is 11.8. The lowest BCUT2D eigenvalue weighted by atomic mass is 10.1. The Morgan fingerprint density at radius 1 is 1.62 bits per heavy atom. The van der Waals surface area contributed by atoms with E-state index < -0.39 is 5.92 Å². The number of rotatable bonds is 4. The second-order valence-electron chi connectivity index (χ2n) is 3.93. The van der Waals surface area contributed by atoms with E-state index in [1.54, 1.807) is 30.2 Å². The lowest BCUT2D eigenvalue weighted by Gasteiger charge is -2.25. The van der Waals surface area contributed by atoms with E-state index in [0.717, 1.165) is 6.42 Å². The largest absolute Gasteiger partial charge is 0.342 e. The predicted molar refractivity (Wildman–Crippen MR) is 65.0 cm³/mol. The SMILES string of the molecule is CC(C#N)C(=O)N(C)C(C)Cc1cccs1. The van der Waals surface area contributed by atoms with Crippen LogP contribution in [0.5, 0.6) is 0 Å². The van der Waals surface area contributed by atoms with Gasteiger partial charge in [0.1, 0.15) is 5.92 Å². The summed E-state index contributed by atoms with van der Waals surface area (Å²) in [6, 6.07) is 6.17.